The first-order valence-corrected chi connectivity index (χ1v) is 24.0. The lowest BCUT2D eigenvalue weighted by atomic mass is 10.1. The molecule has 0 spiro atoms. The van der Waals surface area contributed by atoms with Crippen LogP contribution in [0.25, 0.3) is 10.9 Å². The average molecular weight is 883 g/mol. The minimum Gasteiger partial charge on any atom is -0.462 e. The molecule has 2 atom stereocenters. The number of hydrogen-bond acceptors (Lipinski definition) is 8. The van der Waals surface area contributed by atoms with Crippen LogP contribution in [0, 0.1) is 6.92 Å². The molecule has 4 aromatic carbocycles. The number of rotatable bonds is 22. The highest BCUT2D eigenvalue weighted by Gasteiger charge is 2.57. The molecule has 6 rings (SSSR count). The van der Waals surface area contributed by atoms with Gasteiger partial charge in [-0.05, 0) is 67.8 Å². The second-order valence-electron chi connectivity index (χ2n) is 16.2. The van der Waals surface area contributed by atoms with Gasteiger partial charge in [-0.15, -0.1) is 0 Å². The molecule has 1 aliphatic heterocycles. The number of ether oxygens (including phenoxy) is 1. The standard InChI is InChI=1S/C48H57ClN6O6S/c1-5-7-8-9-10-11-12-13-14-20-29-61-48(58)36-25-27-39(49)42(31-36)52-46(56)44(50-40-28-26-37(30-34(40)3)55(6-2)33-43(55)53-62(4,59)60)45-51-41-24-19-18-23-38(41)47(57)54(45)32-35-21-16-15-17-22-35/h15-19,21-28,30-31,43,53H,5-14,20,29,32-33H2,1-4H3/p+1. The van der Waals surface area contributed by atoms with Crippen molar-refractivity contribution in [2.24, 2.45) is 4.99 Å². The molecule has 1 saturated heterocycles. The minimum atomic E-state index is -3.42. The fraction of sp³-hybridized carbons (Fsp3) is 0.396. The molecule has 0 aliphatic carbocycles. The van der Waals surface area contributed by atoms with Gasteiger partial charge >= 0.3 is 5.97 Å². The van der Waals surface area contributed by atoms with E-state index in [1.54, 1.807) is 36.4 Å². The lowest BCUT2D eigenvalue weighted by molar-refractivity contribution is -0.110. The summed E-state index contributed by atoms with van der Waals surface area (Å²) in [6, 6.07) is 26.5. The molecular formula is C48H58ClN6O6S+. The van der Waals surface area contributed by atoms with E-state index in [-0.39, 0.29) is 52.7 Å². The predicted octanol–water partition coefficient (Wildman–Crippen LogP) is 9.46. The molecule has 1 aromatic heterocycles. The molecule has 2 unspecified atom stereocenters. The zero-order chi connectivity index (χ0) is 44.3. The number of unbranched alkanes of at least 4 members (excludes halogenated alkanes) is 9. The first-order chi connectivity index (χ1) is 29.8. The number of fused-ring (bicyclic) bond motifs is 1. The highest BCUT2D eigenvalue weighted by Crippen LogP contribution is 2.39. The number of likely N-dealkylation sites (N-methyl/N-ethyl adjacent to an activating group) is 1. The number of amides is 1. The van der Waals surface area contributed by atoms with Gasteiger partial charge in [-0.2, -0.15) is 4.72 Å². The number of sulfonamides is 1. The largest absolute Gasteiger partial charge is 0.462 e. The highest BCUT2D eigenvalue weighted by atomic mass is 35.5. The van der Waals surface area contributed by atoms with Crippen molar-refractivity contribution in [3.05, 3.63) is 129 Å². The van der Waals surface area contributed by atoms with E-state index >= 15 is 0 Å². The van der Waals surface area contributed by atoms with Gasteiger partial charge in [-0.25, -0.2) is 23.2 Å². The van der Waals surface area contributed by atoms with Crippen LogP contribution in [-0.4, -0.2) is 67.7 Å². The van der Waals surface area contributed by atoms with Crippen LogP contribution in [0.1, 0.15) is 105 Å². The Morgan fingerprint density at radius 2 is 1.56 bits per heavy atom. The first-order valence-electron chi connectivity index (χ1n) is 21.7. The Morgan fingerprint density at radius 1 is 0.887 bits per heavy atom. The Hall–Kier alpha value is -5.21. The van der Waals surface area contributed by atoms with E-state index in [0.717, 1.165) is 36.8 Å². The summed E-state index contributed by atoms with van der Waals surface area (Å²) >= 11 is 6.66. The number of aromatic nitrogens is 2. The van der Waals surface area contributed by atoms with Gasteiger partial charge in [0.25, 0.3) is 11.5 Å². The van der Waals surface area contributed by atoms with Crippen molar-refractivity contribution in [3.63, 3.8) is 0 Å². The number of carbonyl (C=O) groups excluding carboxylic acids is 2. The lowest BCUT2D eigenvalue weighted by Crippen LogP contribution is -2.38. The predicted molar refractivity (Wildman–Crippen MR) is 250 cm³/mol. The van der Waals surface area contributed by atoms with Gasteiger partial charge in [0.1, 0.15) is 5.69 Å². The van der Waals surface area contributed by atoms with Crippen LogP contribution in [0.2, 0.25) is 5.02 Å². The Labute approximate surface area is 370 Å². The van der Waals surface area contributed by atoms with Crippen molar-refractivity contribution in [1.82, 2.24) is 18.8 Å². The van der Waals surface area contributed by atoms with Crippen LogP contribution in [0.4, 0.5) is 17.1 Å². The summed E-state index contributed by atoms with van der Waals surface area (Å²) in [6.07, 6.45) is 12.5. The van der Waals surface area contributed by atoms with E-state index in [9.17, 15) is 22.8 Å². The molecule has 2 N–H and O–H groups in total. The summed E-state index contributed by atoms with van der Waals surface area (Å²) in [6.45, 7) is 7.73. The molecule has 0 saturated carbocycles. The summed E-state index contributed by atoms with van der Waals surface area (Å²) < 4.78 is 34.4. The second kappa shape index (κ2) is 21.2. The van der Waals surface area contributed by atoms with E-state index in [1.807, 2.05) is 56.3 Å². The van der Waals surface area contributed by atoms with Crippen LogP contribution < -0.4 is 20.1 Å². The zero-order valence-electron chi connectivity index (χ0n) is 36.2. The number of aryl methyl sites for hydroxylation is 1. The Kier molecular flexibility index (Phi) is 15.9. The number of quaternary nitrogens is 1. The third-order valence-electron chi connectivity index (χ3n) is 11.5. The van der Waals surface area contributed by atoms with Crippen molar-refractivity contribution in [3.8, 4) is 0 Å². The third kappa shape index (κ3) is 11.8. The smallest absolute Gasteiger partial charge is 0.338 e. The van der Waals surface area contributed by atoms with E-state index in [1.165, 1.54) is 61.6 Å². The maximum Gasteiger partial charge on any atom is 0.338 e. The van der Waals surface area contributed by atoms with Crippen molar-refractivity contribution in [2.45, 2.75) is 97.7 Å². The van der Waals surface area contributed by atoms with E-state index < -0.39 is 21.9 Å². The zero-order valence-corrected chi connectivity index (χ0v) is 37.7. The average Bonchev–Trinajstić information content (AvgIpc) is 3.96. The number of carbonyl (C=O) groups is 2. The SMILES string of the molecule is CCCCCCCCCCCCOC(=O)c1ccc(Cl)c(NC(=O)C(=Nc2ccc([N+]3(CC)CC3NS(C)(=O)=O)cc2C)c2nc3ccccc3c(=O)n2Cc2ccccc2)c1. The third-order valence-corrected chi connectivity index (χ3v) is 12.5. The summed E-state index contributed by atoms with van der Waals surface area (Å²) in [5.74, 6) is -1.21. The van der Waals surface area contributed by atoms with Crippen molar-refractivity contribution in [2.75, 3.05) is 31.3 Å². The Bertz CT molecular complexity index is 2580. The second-order valence-corrected chi connectivity index (χ2v) is 18.4. The molecule has 0 radical (unpaired) electrons. The number of halogens is 1. The number of anilines is 1. The summed E-state index contributed by atoms with van der Waals surface area (Å²) in [5.41, 5.74) is 3.10. The van der Waals surface area contributed by atoms with Gasteiger partial charge in [-0.1, -0.05) is 119 Å². The minimum absolute atomic E-state index is 0.0297. The number of nitrogens with zero attached hydrogens (tertiary/aromatic N) is 4. The maximum absolute atomic E-state index is 14.7. The molecule has 1 amide bonds. The van der Waals surface area contributed by atoms with Crippen molar-refractivity contribution < 1.29 is 22.7 Å². The number of nitrogens with one attached hydrogen (secondary N) is 2. The number of esters is 1. The fourth-order valence-corrected chi connectivity index (χ4v) is 8.79. The fourth-order valence-electron chi connectivity index (χ4n) is 7.86. The van der Waals surface area contributed by atoms with Crippen LogP contribution in [0.15, 0.2) is 101 Å². The topological polar surface area (TPSA) is 149 Å². The van der Waals surface area contributed by atoms with E-state index in [4.69, 9.17) is 26.3 Å². The van der Waals surface area contributed by atoms with Crippen LogP contribution in [0.3, 0.4) is 0 Å². The molecule has 1 aliphatic rings. The van der Waals surface area contributed by atoms with Gasteiger partial charge in [0.2, 0.25) is 16.2 Å². The Morgan fingerprint density at radius 3 is 2.24 bits per heavy atom. The molecular weight excluding hydrogens is 824 g/mol. The van der Waals surface area contributed by atoms with Gasteiger partial charge in [0, 0.05) is 12.1 Å². The number of benzene rings is 4. The summed E-state index contributed by atoms with van der Waals surface area (Å²) in [4.78, 5) is 52.0. The molecule has 14 heteroatoms. The Balaban J connectivity index is 1.30. The molecule has 62 heavy (non-hydrogen) atoms. The van der Waals surface area contributed by atoms with Gasteiger partial charge in [-0.3, -0.25) is 18.6 Å². The molecule has 328 valence electrons. The monoisotopic (exact) mass is 881 g/mol. The first kappa shape index (κ1) is 46.3. The summed E-state index contributed by atoms with van der Waals surface area (Å²) in [7, 11) is -3.42. The highest BCUT2D eigenvalue weighted by molar-refractivity contribution is 7.88. The molecule has 1 fully saturated rings. The molecule has 12 nitrogen and oxygen atoms in total. The van der Waals surface area contributed by atoms with Crippen LogP contribution >= 0.6 is 11.6 Å². The maximum atomic E-state index is 14.7. The molecule has 0 bridgehead atoms. The number of aliphatic imine (C=N–C) groups is 1. The van der Waals surface area contributed by atoms with Gasteiger partial charge < -0.3 is 10.1 Å². The van der Waals surface area contributed by atoms with Crippen LogP contribution in [0.5, 0.6) is 0 Å². The number of para-hydroxylation sites is 1. The van der Waals surface area contributed by atoms with Crippen LogP contribution in [-0.2, 0) is 26.1 Å². The van der Waals surface area contributed by atoms with Gasteiger partial charge in [0.15, 0.2) is 18.1 Å². The van der Waals surface area contributed by atoms with E-state index in [0.29, 0.717) is 39.7 Å². The molecule has 5 aromatic rings. The molecule has 2 heterocycles. The normalized spacial score (nSPS) is 16.3. The van der Waals surface area contributed by atoms with Crippen molar-refractivity contribution in [1.29, 1.82) is 0 Å². The number of hydrogen-bond donors (Lipinski definition) is 2. The summed E-state index contributed by atoms with van der Waals surface area (Å²) in [5, 5.41) is 3.42. The lowest BCUT2D eigenvalue weighted by Gasteiger charge is -2.19. The van der Waals surface area contributed by atoms with Gasteiger partial charge in [0.05, 0.1) is 58.8 Å². The quantitative estimate of drug-likeness (QED) is 0.0231. The van der Waals surface area contributed by atoms with E-state index in [2.05, 4.69) is 17.0 Å². The van der Waals surface area contributed by atoms with Crippen molar-refractivity contribution >= 4 is 67.2 Å².